The fourth-order valence-corrected chi connectivity index (χ4v) is 1.67. The van der Waals surface area contributed by atoms with Gasteiger partial charge in [-0.15, -0.1) is 0 Å². The molecular weight excluding hydrogens is 232 g/mol. The zero-order valence-electron chi connectivity index (χ0n) is 10.6. The first-order valence-corrected chi connectivity index (χ1v) is 6.22. The van der Waals surface area contributed by atoms with Gasteiger partial charge in [-0.25, -0.2) is 0 Å². The van der Waals surface area contributed by atoms with Crippen LogP contribution >= 0.6 is 0 Å². The van der Waals surface area contributed by atoms with Crippen LogP contribution < -0.4 is 10.6 Å². The van der Waals surface area contributed by atoms with Crippen molar-refractivity contribution in [2.45, 2.75) is 38.8 Å². The summed E-state index contributed by atoms with van der Waals surface area (Å²) in [5.74, 6) is -0.223. The summed E-state index contributed by atoms with van der Waals surface area (Å²) in [5, 5.41) is 5.61. The Labute approximate surface area is 106 Å². The molecule has 0 saturated heterocycles. The van der Waals surface area contributed by atoms with Crippen LogP contribution in [0.25, 0.3) is 0 Å². The normalized spacial score (nSPS) is 16.4. The van der Waals surface area contributed by atoms with E-state index in [-0.39, 0.29) is 23.5 Å². The van der Waals surface area contributed by atoms with E-state index in [0.29, 0.717) is 6.04 Å². The van der Waals surface area contributed by atoms with Crippen molar-refractivity contribution in [1.82, 2.24) is 10.6 Å². The molecule has 0 spiro atoms. The van der Waals surface area contributed by atoms with Gasteiger partial charge < -0.3 is 15.1 Å². The van der Waals surface area contributed by atoms with Gasteiger partial charge in [-0.1, -0.05) is 13.8 Å². The summed E-state index contributed by atoms with van der Waals surface area (Å²) in [7, 11) is 0. The van der Waals surface area contributed by atoms with Crippen LogP contribution in [0, 0.1) is 5.92 Å². The van der Waals surface area contributed by atoms with Crippen molar-refractivity contribution in [3.05, 3.63) is 24.2 Å². The monoisotopic (exact) mass is 250 g/mol. The molecule has 1 heterocycles. The van der Waals surface area contributed by atoms with Crippen molar-refractivity contribution in [2.24, 2.45) is 5.92 Å². The maximum absolute atomic E-state index is 12.0. The third-order valence-corrected chi connectivity index (χ3v) is 2.90. The number of nitrogens with one attached hydrogen (secondary N) is 2. The molecule has 1 atom stereocenters. The van der Waals surface area contributed by atoms with Crippen LogP contribution in [-0.2, 0) is 4.79 Å². The van der Waals surface area contributed by atoms with E-state index in [2.05, 4.69) is 10.6 Å². The Morgan fingerprint density at radius 1 is 1.39 bits per heavy atom. The first-order chi connectivity index (χ1) is 8.58. The second-order valence-corrected chi connectivity index (χ2v) is 4.96. The largest absolute Gasteiger partial charge is 0.459 e. The van der Waals surface area contributed by atoms with Crippen LogP contribution in [0.2, 0.25) is 0 Å². The first kappa shape index (κ1) is 12.7. The van der Waals surface area contributed by atoms with E-state index in [4.69, 9.17) is 4.42 Å². The third-order valence-electron chi connectivity index (χ3n) is 2.90. The minimum atomic E-state index is -0.525. The molecule has 2 amide bonds. The maximum atomic E-state index is 12.0. The van der Waals surface area contributed by atoms with Crippen LogP contribution in [0.1, 0.15) is 37.2 Å². The Bertz CT molecular complexity index is 421. The Balaban J connectivity index is 1.97. The number of carbonyl (C=O) groups excluding carboxylic acids is 2. The number of amides is 2. The lowest BCUT2D eigenvalue weighted by Crippen LogP contribution is -2.50. The van der Waals surface area contributed by atoms with Crippen molar-refractivity contribution < 1.29 is 14.0 Å². The molecular formula is C13H18N2O3. The molecule has 0 aliphatic heterocycles. The Morgan fingerprint density at radius 3 is 2.61 bits per heavy atom. The quantitative estimate of drug-likeness (QED) is 0.827. The molecule has 2 rings (SSSR count). The molecule has 0 radical (unpaired) electrons. The molecule has 18 heavy (non-hydrogen) atoms. The molecule has 1 saturated carbocycles. The number of hydrogen-bond donors (Lipinski definition) is 2. The van der Waals surface area contributed by atoms with Crippen molar-refractivity contribution >= 4 is 11.8 Å². The average Bonchev–Trinajstić information content (AvgIpc) is 2.96. The second-order valence-electron chi connectivity index (χ2n) is 4.96. The standard InChI is InChI=1S/C13H18N2O3/c1-8(2)11(13(17)14-9-5-6-9)15-12(16)10-4-3-7-18-10/h3-4,7-9,11H,5-6H2,1-2H3,(H,14,17)(H,15,16)/t11-/m1/s1. The van der Waals surface area contributed by atoms with Gasteiger partial charge in [0.2, 0.25) is 5.91 Å². The predicted octanol–water partition coefficient (Wildman–Crippen LogP) is 1.31. The summed E-state index contributed by atoms with van der Waals surface area (Å²) in [4.78, 5) is 23.8. The molecule has 1 aliphatic rings. The lowest BCUT2D eigenvalue weighted by Gasteiger charge is -2.21. The number of furan rings is 1. The molecule has 0 bridgehead atoms. The molecule has 0 aromatic carbocycles. The highest BCUT2D eigenvalue weighted by molar-refractivity contribution is 5.95. The van der Waals surface area contributed by atoms with Crippen molar-refractivity contribution in [3.63, 3.8) is 0 Å². The minimum absolute atomic E-state index is 0.0302. The Morgan fingerprint density at radius 2 is 2.11 bits per heavy atom. The fourth-order valence-electron chi connectivity index (χ4n) is 1.67. The first-order valence-electron chi connectivity index (χ1n) is 6.22. The number of rotatable bonds is 5. The van der Waals surface area contributed by atoms with E-state index in [9.17, 15) is 9.59 Å². The zero-order valence-corrected chi connectivity index (χ0v) is 10.6. The van der Waals surface area contributed by atoms with E-state index in [0.717, 1.165) is 12.8 Å². The Hall–Kier alpha value is -1.78. The van der Waals surface area contributed by atoms with Gasteiger partial charge in [0.1, 0.15) is 6.04 Å². The molecule has 1 aromatic rings. The lowest BCUT2D eigenvalue weighted by atomic mass is 10.0. The van der Waals surface area contributed by atoms with Gasteiger partial charge in [-0.3, -0.25) is 9.59 Å². The van der Waals surface area contributed by atoms with Crippen LogP contribution in [-0.4, -0.2) is 23.9 Å². The van der Waals surface area contributed by atoms with Gasteiger partial charge in [-0.2, -0.15) is 0 Å². The van der Waals surface area contributed by atoms with Crippen molar-refractivity contribution in [3.8, 4) is 0 Å². The lowest BCUT2D eigenvalue weighted by molar-refractivity contribution is -0.124. The highest BCUT2D eigenvalue weighted by Gasteiger charge is 2.30. The van der Waals surface area contributed by atoms with Crippen LogP contribution in [0.5, 0.6) is 0 Å². The molecule has 2 N–H and O–H groups in total. The molecule has 5 heteroatoms. The molecule has 1 aliphatic carbocycles. The van der Waals surface area contributed by atoms with E-state index in [1.165, 1.54) is 6.26 Å². The van der Waals surface area contributed by atoms with Gasteiger partial charge in [0.05, 0.1) is 6.26 Å². The van der Waals surface area contributed by atoms with E-state index >= 15 is 0 Å². The minimum Gasteiger partial charge on any atom is -0.459 e. The summed E-state index contributed by atoms with van der Waals surface area (Å²) >= 11 is 0. The van der Waals surface area contributed by atoms with Crippen LogP contribution in [0.4, 0.5) is 0 Å². The van der Waals surface area contributed by atoms with E-state index in [1.807, 2.05) is 13.8 Å². The SMILES string of the molecule is CC(C)[C@@H](NC(=O)c1ccco1)C(=O)NC1CC1. The maximum Gasteiger partial charge on any atom is 0.287 e. The molecule has 0 unspecified atom stereocenters. The van der Waals surface area contributed by atoms with Crippen molar-refractivity contribution in [2.75, 3.05) is 0 Å². The molecule has 5 nitrogen and oxygen atoms in total. The fraction of sp³-hybridized carbons (Fsp3) is 0.538. The summed E-state index contributed by atoms with van der Waals surface area (Å²) in [5.41, 5.74) is 0. The van der Waals surface area contributed by atoms with E-state index in [1.54, 1.807) is 12.1 Å². The van der Waals surface area contributed by atoms with Gasteiger partial charge >= 0.3 is 0 Å². The summed E-state index contributed by atoms with van der Waals surface area (Å²) < 4.78 is 5.01. The number of carbonyl (C=O) groups is 2. The smallest absolute Gasteiger partial charge is 0.287 e. The van der Waals surface area contributed by atoms with Gasteiger partial charge in [-0.05, 0) is 30.9 Å². The highest BCUT2D eigenvalue weighted by atomic mass is 16.3. The zero-order chi connectivity index (χ0) is 13.1. The highest BCUT2D eigenvalue weighted by Crippen LogP contribution is 2.19. The summed E-state index contributed by atoms with van der Waals surface area (Å²) in [6, 6.07) is 2.98. The predicted molar refractivity (Wildman–Crippen MR) is 66.0 cm³/mol. The van der Waals surface area contributed by atoms with Gasteiger partial charge in [0.25, 0.3) is 5.91 Å². The van der Waals surface area contributed by atoms with E-state index < -0.39 is 6.04 Å². The number of hydrogen-bond acceptors (Lipinski definition) is 3. The van der Waals surface area contributed by atoms with Gasteiger partial charge in [0.15, 0.2) is 5.76 Å². The van der Waals surface area contributed by atoms with Crippen LogP contribution in [0.15, 0.2) is 22.8 Å². The summed E-state index contributed by atoms with van der Waals surface area (Å²) in [6.07, 6.45) is 3.49. The second kappa shape index (κ2) is 5.25. The topological polar surface area (TPSA) is 71.3 Å². The average molecular weight is 250 g/mol. The summed E-state index contributed by atoms with van der Waals surface area (Å²) in [6.45, 7) is 3.80. The van der Waals surface area contributed by atoms with Crippen LogP contribution in [0.3, 0.4) is 0 Å². The molecule has 98 valence electrons. The van der Waals surface area contributed by atoms with Crippen molar-refractivity contribution in [1.29, 1.82) is 0 Å². The third kappa shape index (κ3) is 3.12. The Kier molecular flexibility index (Phi) is 3.69. The molecule has 1 fully saturated rings. The molecule has 1 aromatic heterocycles. The van der Waals surface area contributed by atoms with Gasteiger partial charge in [0, 0.05) is 6.04 Å².